The zero-order valence-corrected chi connectivity index (χ0v) is 11.8. The first-order valence-electron chi connectivity index (χ1n) is 7.33. The predicted octanol–water partition coefficient (Wildman–Crippen LogP) is 4.23. The highest BCUT2D eigenvalue weighted by Crippen LogP contribution is 2.28. The van der Waals surface area contributed by atoms with Crippen LogP contribution in [0.3, 0.4) is 0 Å². The highest BCUT2D eigenvalue weighted by molar-refractivity contribution is 4.76. The van der Waals surface area contributed by atoms with Crippen molar-refractivity contribution in [3.8, 4) is 0 Å². The Morgan fingerprint density at radius 2 is 1.75 bits per heavy atom. The Labute approximate surface area is 102 Å². The van der Waals surface area contributed by atoms with Crippen LogP contribution in [0.5, 0.6) is 0 Å². The molecule has 0 aromatic heterocycles. The number of rotatable bonds is 5. The molecule has 0 saturated heterocycles. The van der Waals surface area contributed by atoms with E-state index in [4.69, 9.17) is 0 Å². The number of hydrogen-bond acceptors (Lipinski definition) is 1. The standard InChI is InChI=1S/C15H31N/c1-12(2)10-11-16-15-7-5-6-14(8-9-15)13(3)4/h12-16H,5-11H2,1-4H3. The van der Waals surface area contributed by atoms with Crippen LogP contribution in [-0.4, -0.2) is 12.6 Å². The van der Waals surface area contributed by atoms with E-state index >= 15 is 0 Å². The van der Waals surface area contributed by atoms with Crippen LogP contribution in [-0.2, 0) is 0 Å². The van der Waals surface area contributed by atoms with E-state index in [0.29, 0.717) is 0 Å². The van der Waals surface area contributed by atoms with Crippen molar-refractivity contribution in [3.05, 3.63) is 0 Å². The van der Waals surface area contributed by atoms with E-state index in [-0.39, 0.29) is 0 Å². The molecule has 96 valence electrons. The average Bonchev–Trinajstić information content (AvgIpc) is 2.42. The largest absolute Gasteiger partial charge is 0.314 e. The van der Waals surface area contributed by atoms with Gasteiger partial charge in [0.25, 0.3) is 0 Å². The Balaban J connectivity index is 2.20. The maximum atomic E-state index is 3.75. The molecule has 1 rings (SSSR count). The van der Waals surface area contributed by atoms with E-state index in [1.54, 1.807) is 0 Å². The molecule has 2 atom stereocenters. The van der Waals surface area contributed by atoms with Gasteiger partial charge in [-0.15, -0.1) is 0 Å². The van der Waals surface area contributed by atoms with Crippen molar-refractivity contribution in [1.82, 2.24) is 5.32 Å². The zero-order valence-electron chi connectivity index (χ0n) is 11.8. The monoisotopic (exact) mass is 225 g/mol. The number of hydrogen-bond donors (Lipinski definition) is 1. The van der Waals surface area contributed by atoms with Gasteiger partial charge in [0.05, 0.1) is 0 Å². The van der Waals surface area contributed by atoms with Crippen molar-refractivity contribution < 1.29 is 0 Å². The Morgan fingerprint density at radius 3 is 2.38 bits per heavy atom. The summed E-state index contributed by atoms with van der Waals surface area (Å²) < 4.78 is 0. The summed E-state index contributed by atoms with van der Waals surface area (Å²) in [6.45, 7) is 10.6. The van der Waals surface area contributed by atoms with Crippen LogP contribution in [0.1, 0.15) is 66.2 Å². The minimum absolute atomic E-state index is 0.808. The van der Waals surface area contributed by atoms with E-state index in [1.807, 2.05) is 0 Å². The second kappa shape index (κ2) is 7.32. The summed E-state index contributed by atoms with van der Waals surface area (Å²) in [4.78, 5) is 0. The van der Waals surface area contributed by atoms with Crippen molar-refractivity contribution in [3.63, 3.8) is 0 Å². The van der Waals surface area contributed by atoms with Crippen LogP contribution in [0.15, 0.2) is 0 Å². The van der Waals surface area contributed by atoms with Crippen molar-refractivity contribution >= 4 is 0 Å². The normalized spacial score (nSPS) is 27.4. The molecule has 0 amide bonds. The predicted molar refractivity (Wildman–Crippen MR) is 72.7 cm³/mol. The second-order valence-electron chi connectivity index (χ2n) is 6.35. The Hall–Kier alpha value is -0.0400. The van der Waals surface area contributed by atoms with E-state index in [1.165, 1.54) is 45.1 Å². The van der Waals surface area contributed by atoms with E-state index in [0.717, 1.165) is 23.8 Å². The second-order valence-corrected chi connectivity index (χ2v) is 6.35. The third-order valence-corrected chi connectivity index (χ3v) is 4.11. The fraction of sp³-hybridized carbons (Fsp3) is 1.00. The van der Waals surface area contributed by atoms with Gasteiger partial charge >= 0.3 is 0 Å². The third kappa shape index (κ3) is 5.34. The maximum absolute atomic E-state index is 3.75. The maximum Gasteiger partial charge on any atom is 0.00671 e. The Bertz CT molecular complexity index is 174. The quantitative estimate of drug-likeness (QED) is 0.691. The lowest BCUT2D eigenvalue weighted by molar-refractivity contribution is 0.337. The summed E-state index contributed by atoms with van der Waals surface area (Å²) in [5, 5.41) is 3.75. The van der Waals surface area contributed by atoms with E-state index < -0.39 is 0 Å². The molecule has 1 N–H and O–H groups in total. The van der Waals surface area contributed by atoms with Crippen LogP contribution >= 0.6 is 0 Å². The fourth-order valence-corrected chi connectivity index (χ4v) is 2.78. The van der Waals surface area contributed by atoms with Gasteiger partial charge in [-0.3, -0.25) is 0 Å². The topological polar surface area (TPSA) is 12.0 Å². The summed E-state index contributed by atoms with van der Waals surface area (Å²) in [5.41, 5.74) is 0. The lowest BCUT2D eigenvalue weighted by atomic mass is 9.89. The minimum Gasteiger partial charge on any atom is -0.314 e. The van der Waals surface area contributed by atoms with Crippen LogP contribution in [0.25, 0.3) is 0 Å². The number of nitrogens with one attached hydrogen (secondary N) is 1. The highest BCUT2D eigenvalue weighted by Gasteiger charge is 2.20. The molecule has 1 aliphatic rings. The van der Waals surface area contributed by atoms with Crippen LogP contribution in [0, 0.1) is 17.8 Å². The van der Waals surface area contributed by atoms with Gasteiger partial charge in [-0.25, -0.2) is 0 Å². The van der Waals surface area contributed by atoms with Gasteiger partial charge in [-0.1, -0.05) is 40.5 Å². The Kier molecular flexibility index (Phi) is 6.41. The summed E-state index contributed by atoms with van der Waals surface area (Å²) in [5.74, 6) is 2.70. The van der Waals surface area contributed by atoms with Gasteiger partial charge < -0.3 is 5.32 Å². The highest BCUT2D eigenvalue weighted by atomic mass is 14.9. The molecule has 2 unspecified atom stereocenters. The molecule has 0 aliphatic heterocycles. The van der Waals surface area contributed by atoms with Crippen LogP contribution < -0.4 is 5.32 Å². The summed E-state index contributed by atoms with van der Waals surface area (Å²) in [6, 6.07) is 0.808. The van der Waals surface area contributed by atoms with Crippen molar-refractivity contribution in [2.45, 2.75) is 72.3 Å². The van der Waals surface area contributed by atoms with Crippen molar-refractivity contribution in [2.75, 3.05) is 6.54 Å². The van der Waals surface area contributed by atoms with Gasteiger partial charge in [-0.2, -0.15) is 0 Å². The molecule has 1 fully saturated rings. The molecule has 0 spiro atoms. The van der Waals surface area contributed by atoms with Gasteiger partial charge in [0.15, 0.2) is 0 Å². The smallest absolute Gasteiger partial charge is 0.00671 e. The van der Waals surface area contributed by atoms with Gasteiger partial charge in [0, 0.05) is 6.04 Å². The molecule has 0 bridgehead atoms. The lowest BCUT2D eigenvalue weighted by Gasteiger charge is -2.19. The van der Waals surface area contributed by atoms with Crippen molar-refractivity contribution in [1.29, 1.82) is 0 Å². The van der Waals surface area contributed by atoms with Crippen molar-refractivity contribution in [2.24, 2.45) is 17.8 Å². The minimum atomic E-state index is 0.808. The molecule has 0 aromatic carbocycles. The SMILES string of the molecule is CC(C)CCNC1CCCC(C(C)C)CC1. The molecule has 0 radical (unpaired) electrons. The molecule has 1 saturated carbocycles. The van der Waals surface area contributed by atoms with E-state index in [9.17, 15) is 0 Å². The molecule has 16 heavy (non-hydrogen) atoms. The average molecular weight is 225 g/mol. The van der Waals surface area contributed by atoms with Crippen LogP contribution in [0.4, 0.5) is 0 Å². The zero-order chi connectivity index (χ0) is 12.0. The molecule has 1 heteroatoms. The molecule has 1 nitrogen and oxygen atoms in total. The summed E-state index contributed by atoms with van der Waals surface area (Å²) in [7, 11) is 0. The van der Waals surface area contributed by atoms with Gasteiger partial charge in [0.2, 0.25) is 0 Å². The molecule has 0 aromatic rings. The van der Waals surface area contributed by atoms with Gasteiger partial charge in [0.1, 0.15) is 0 Å². The fourth-order valence-electron chi connectivity index (χ4n) is 2.78. The summed E-state index contributed by atoms with van der Waals surface area (Å²) in [6.07, 6.45) is 8.46. The third-order valence-electron chi connectivity index (χ3n) is 4.11. The van der Waals surface area contributed by atoms with Gasteiger partial charge in [-0.05, 0) is 50.0 Å². The lowest BCUT2D eigenvalue weighted by Crippen LogP contribution is -2.30. The molecule has 0 heterocycles. The van der Waals surface area contributed by atoms with E-state index in [2.05, 4.69) is 33.0 Å². The first kappa shape index (κ1) is 14.0. The molecular formula is C15H31N. The first-order valence-corrected chi connectivity index (χ1v) is 7.33. The first-order chi connectivity index (χ1) is 7.59. The van der Waals surface area contributed by atoms with Crippen LogP contribution in [0.2, 0.25) is 0 Å². The molecule has 1 aliphatic carbocycles. The summed E-state index contributed by atoms with van der Waals surface area (Å²) >= 11 is 0. The Morgan fingerprint density at radius 1 is 1.00 bits per heavy atom. The molecular weight excluding hydrogens is 194 g/mol.